The third kappa shape index (κ3) is 1.99. The van der Waals surface area contributed by atoms with E-state index in [2.05, 4.69) is 18.2 Å². The Hall–Kier alpha value is -1.81. The third-order valence-corrected chi connectivity index (χ3v) is 3.53. The number of carboxylic acid groups (broad SMARTS) is 1. The third-order valence-electron chi connectivity index (χ3n) is 3.53. The van der Waals surface area contributed by atoms with Gasteiger partial charge in [0.2, 0.25) is 0 Å². The van der Waals surface area contributed by atoms with Gasteiger partial charge >= 0.3 is 6.09 Å². The summed E-state index contributed by atoms with van der Waals surface area (Å²) in [6, 6.07) is 6.25. The Bertz CT molecular complexity index is 522. The van der Waals surface area contributed by atoms with E-state index >= 15 is 0 Å². The molecule has 0 bridgehead atoms. The van der Waals surface area contributed by atoms with Crippen LogP contribution in [0.3, 0.4) is 0 Å². The van der Waals surface area contributed by atoms with Crippen LogP contribution in [0.1, 0.15) is 23.1 Å². The fourth-order valence-electron chi connectivity index (χ4n) is 2.52. The van der Waals surface area contributed by atoms with Crippen LogP contribution in [0, 0.1) is 0 Å². The van der Waals surface area contributed by atoms with Crippen LogP contribution in [-0.4, -0.2) is 29.3 Å². The lowest BCUT2D eigenvalue weighted by Gasteiger charge is -2.14. The van der Waals surface area contributed by atoms with E-state index in [9.17, 15) is 4.79 Å². The molecule has 1 aromatic rings. The number of hydrogen-bond acceptors (Lipinski definition) is 2. The Morgan fingerprint density at radius 2 is 2.11 bits per heavy atom. The SMILES string of the molecule is O=C(O)N1Cc2ccc(C3=CCOCC3)cc2C1. The quantitative estimate of drug-likeness (QED) is 0.827. The predicted molar refractivity (Wildman–Crippen MR) is 67.1 cm³/mol. The second kappa shape index (κ2) is 4.46. The molecule has 0 radical (unpaired) electrons. The number of ether oxygens (including phenoxy) is 1. The minimum atomic E-state index is -0.849. The van der Waals surface area contributed by atoms with Gasteiger partial charge in [-0.1, -0.05) is 18.2 Å². The molecule has 2 aliphatic heterocycles. The maximum Gasteiger partial charge on any atom is 0.407 e. The van der Waals surface area contributed by atoms with Crippen molar-refractivity contribution in [1.29, 1.82) is 0 Å². The highest BCUT2D eigenvalue weighted by Crippen LogP contribution is 2.28. The van der Waals surface area contributed by atoms with E-state index in [0.717, 1.165) is 24.2 Å². The standard InChI is InChI=1S/C14H15NO3/c16-14(17)15-8-12-2-1-11(7-13(12)9-15)10-3-5-18-6-4-10/h1-3,7H,4-6,8-9H2,(H,16,17). The first kappa shape index (κ1) is 11.3. The fraction of sp³-hybridized carbons (Fsp3) is 0.357. The molecule has 4 heteroatoms. The average molecular weight is 245 g/mol. The van der Waals surface area contributed by atoms with Gasteiger partial charge in [0.15, 0.2) is 0 Å². The Morgan fingerprint density at radius 3 is 2.83 bits per heavy atom. The topological polar surface area (TPSA) is 49.8 Å². The Kier molecular flexibility index (Phi) is 2.80. The normalized spacial score (nSPS) is 18.4. The van der Waals surface area contributed by atoms with Crippen molar-refractivity contribution in [1.82, 2.24) is 4.90 Å². The lowest BCUT2D eigenvalue weighted by molar-refractivity contribution is 0.145. The van der Waals surface area contributed by atoms with E-state index in [-0.39, 0.29) is 0 Å². The van der Waals surface area contributed by atoms with Gasteiger partial charge in [0, 0.05) is 13.1 Å². The lowest BCUT2D eigenvalue weighted by Crippen LogP contribution is -2.22. The smallest absolute Gasteiger partial charge is 0.407 e. The van der Waals surface area contributed by atoms with Crippen molar-refractivity contribution in [2.75, 3.05) is 13.2 Å². The molecule has 1 aromatic carbocycles. The molecule has 0 spiro atoms. The highest BCUT2D eigenvalue weighted by atomic mass is 16.5. The molecule has 1 amide bonds. The average Bonchev–Trinajstić information content (AvgIpc) is 2.82. The van der Waals surface area contributed by atoms with Crippen LogP contribution in [0.15, 0.2) is 24.3 Å². The maximum atomic E-state index is 11.0. The highest BCUT2D eigenvalue weighted by Gasteiger charge is 2.23. The first-order valence-corrected chi connectivity index (χ1v) is 6.11. The number of benzene rings is 1. The van der Waals surface area contributed by atoms with Crippen LogP contribution in [-0.2, 0) is 17.8 Å². The van der Waals surface area contributed by atoms with Gasteiger partial charge in [0.05, 0.1) is 13.2 Å². The van der Waals surface area contributed by atoms with Crippen molar-refractivity contribution in [3.8, 4) is 0 Å². The summed E-state index contributed by atoms with van der Waals surface area (Å²) in [6.45, 7) is 2.45. The molecule has 0 saturated carbocycles. The van der Waals surface area contributed by atoms with Crippen molar-refractivity contribution in [2.24, 2.45) is 0 Å². The van der Waals surface area contributed by atoms with Gasteiger partial charge in [-0.3, -0.25) is 4.90 Å². The number of nitrogens with zero attached hydrogens (tertiary/aromatic N) is 1. The number of fused-ring (bicyclic) bond motifs is 1. The number of carbonyl (C=O) groups is 1. The van der Waals surface area contributed by atoms with Crippen LogP contribution >= 0.6 is 0 Å². The molecule has 0 aliphatic carbocycles. The van der Waals surface area contributed by atoms with Gasteiger partial charge in [-0.25, -0.2) is 4.79 Å². The monoisotopic (exact) mass is 245 g/mol. The van der Waals surface area contributed by atoms with E-state index in [4.69, 9.17) is 9.84 Å². The lowest BCUT2D eigenvalue weighted by atomic mass is 9.98. The molecule has 4 nitrogen and oxygen atoms in total. The molecule has 0 fully saturated rings. The van der Waals surface area contributed by atoms with Gasteiger partial charge in [0.25, 0.3) is 0 Å². The van der Waals surface area contributed by atoms with Gasteiger partial charge in [0.1, 0.15) is 0 Å². The first-order valence-electron chi connectivity index (χ1n) is 6.11. The minimum absolute atomic E-state index is 0.502. The Morgan fingerprint density at radius 1 is 1.28 bits per heavy atom. The van der Waals surface area contributed by atoms with Crippen molar-refractivity contribution >= 4 is 11.7 Å². The summed E-state index contributed by atoms with van der Waals surface area (Å²) in [7, 11) is 0. The van der Waals surface area contributed by atoms with Crippen LogP contribution in [0.25, 0.3) is 5.57 Å². The summed E-state index contributed by atoms with van der Waals surface area (Å²) in [5.74, 6) is 0. The van der Waals surface area contributed by atoms with E-state index in [1.165, 1.54) is 16.0 Å². The molecule has 0 aromatic heterocycles. The molecule has 2 aliphatic rings. The van der Waals surface area contributed by atoms with E-state index in [0.29, 0.717) is 19.7 Å². The van der Waals surface area contributed by atoms with Crippen LogP contribution in [0.5, 0.6) is 0 Å². The molecular formula is C14H15NO3. The summed E-state index contributed by atoms with van der Waals surface area (Å²) in [4.78, 5) is 12.4. The van der Waals surface area contributed by atoms with Crippen molar-refractivity contribution in [3.05, 3.63) is 41.0 Å². The summed E-state index contributed by atoms with van der Waals surface area (Å²) >= 11 is 0. The second-order valence-corrected chi connectivity index (χ2v) is 4.68. The zero-order valence-corrected chi connectivity index (χ0v) is 10.1. The summed E-state index contributed by atoms with van der Waals surface area (Å²) in [6.07, 6.45) is 2.19. The highest BCUT2D eigenvalue weighted by molar-refractivity contribution is 5.69. The molecule has 0 unspecified atom stereocenters. The number of rotatable bonds is 1. The summed E-state index contributed by atoms with van der Waals surface area (Å²) in [5.41, 5.74) is 4.75. The molecule has 3 rings (SSSR count). The molecular weight excluding hydrogens is 230 g/mol. The van der Waals surface area contributed by atoms with E-state index in [1.807, 2.05) is 6.07 Å². The van der Waals surface area contributed by atoms with Gasteiger partial charge in [-0.2, -0.15) is 0 Å². The van der Waals surface area contributed by atoms with Crippen LogP contribution in [0.2, 0.25) is 0 Å². The van der Waals surface area contributed by atoms with Crippen molar-refractivity contribution < 1.29 is 14.6 Å². The maximum absolute atomic E-state index is 11.0. The number of amides is 1. The molecule has 94 valence electrons. The van der Waals surface area contributed by atoms with Crippen LogP contribution in [0.4, 0.5) is 4.79 Å². The molecule has 0 saturated heterocycles. The largest absolute Gasteiger partial charge is 0.465 e. The molecule has 18 heavy (non-hydrogen) atoms. The van der Waals surface area contributed by atoms with Crippen molar-refractivity contribution in [2.45, 2.75) is 19.5 Å². The van der Waals surface area contributed by atoms with E-state index < -0.39 is 6.09 Å². The first-order chi connectivity index (χ1) is 8.74. The van der Waals surface area contributed by atoms with Crippen LogP contribution < -0.4 is 0 Å². The Labute approximate surface area is 105 Å². The summed E-state index contributed by atoms with van der Waals surface area (Å²) < 4.78 is 5.30. The predicted octanol–water partition coefficient (Wildman–Crippen LogP) is 2.48. The van der Waals surface area contributed by atoms with E-state index in [1.54, 1.807) is 0 Å². The van der Waals surface area contributed by atoms with Gasteiger partial charge in [-0.15, -0.1) is 0 Å². The fourth-order valence-corrected chi connectivity index (χ4v) is 2.52. The second-order valence-electron chi connectivity index (χ2n) is 4.68. The molecule has 1 N–H and O–H groups in total. The molecule has 0 atom stereocenters. The summed E-state index contributed by atoms with van der Waals surface area (Å²) in [5, 5.41) is 9.00. The number of hydrogen-bond donors (Lipinski definition) is 1. The Balaban J connectivity index is 1.87. The molecule has 2 heterocycles. The zero-order valence-electron chi connectivity index (χ0n) is 10.1. The zero-order chi connectivity index (χ0) is 12.5. The van der Waals surface area contributed by atoms with Gasteiger partial charge in [-0.05, 0) is 34.8 Å². The minimum Gasteiger partial charge on any atom is -0.465 e. The van der Waals surface area contributed by atoms with Gasteiger partial charge < -0.3 is 9.84 Å². The van der Waals surface area contributed by atoms with Crippen molar-refractivity contribution in [3.63, 3.8) is 0 Å².